The van der Waals surface area contributed by atoms with E-state index < -0.39 is 0 Å². The fourth-order valence-corrected chi connectivity index (χ4v) is 1.65. The standard InChI is InChI=1S/C13H17NO/c1-9(2)14-7-11-8-15-13-5-4-10(3)6-12(11)13/h4-6,8-9,14H,7H2,1-3H3. The highest BCUT2D eigenvalue weighted by atomic mass is 16.3. The van der Waals surface area contributed by atoms with Gasteiger partial charge in [-0.05, 0) is 19.1 Å². The number of benzene rings is 1. The van der Waals surface area contributed by atoms with Crippen molar-refractivity contribution >= 4 is 11.0 Å². The van der Waals surface area contributed by atoms with Gasteiger partial charge >= 0.3 is 0 Å². The smallest absolute Gasteiger partial charge is 0.134 e. The molecule has 1 aromatic carbocycles. The Kier molecular flexibility index (Phi) is 2.78. The van der Waals surface area contributed by atoms with Gasteiger partial charge in [-0.25, -0.2) is 0 Å². The summed E-state index contributed by atoms with van der Waals surface area (Å²) in [5, 5.41) is 4.62. The molecule has 0 saturated heterocycles. The molecule has 2 aromatic rings. The Bertz CT molecular complexity index is 457. The molecule has 0 atom stereocenters. The van der Waals surface area contributed by atoms with Crippen molar-refractivity contribution in [3.05, 3.63) is 35.6 Å². The summed E-state index contributed by atoms with van der Waals surface area (Å²) in [6.07, 6.45) is 1.85. The largest absolute Gasteiger partial charge is 0.464 e. The lowest BCUT2D eigenvalue weighted by Gasteiger charge is -2.06. The van der Waals surface area contributed by atoms with Crippen LogP contribution in [0.3, 0.4) is 0 Å². The maximum atomic E-state index is 5.50. The van der Waals surface area contributed by atoms with Crippen LogP contribution < -0.4 is 5.32 Å². The molecular weight excluding hydrogens is 186 g/mol. The Labute approximate surface area is 90.3 Å². The van der Waals surface area contributed by atoms with Crippen molar-refractivity contribution in [2.45, 2.75) is 33.4 Å². The van der Waals surface area contributed by atoms with Crippen LogP contribution in [0.2, 0.25) is 0 Å². The van der Waals surface area contributed by atoms with E-state index in [1.807, 2.05) is 12.3 Å². The first-order valence-corrected chi connectivity index (χ1v) is 5.37. The van der Waals surface area contributed by atoms with Gasteiger partial charge in [0, 0.05) is 23.5 Å². The Morgan fingerprint density at radius 3 is 2.87 bits per heavy atom. The maximum absolute atomic E-state index is 5.50. The van der Waals surface area contributed by atoms with Crippen LogP contribution in [0.4, 0.5) is 0 Å². The molecule has 2 rings (SSSR count). The number of hydrogen-bond donors (Lipinski definition) is 1. The number of nitrogens with one attached hydrogen (secondary N) is 1. The molecule has 1 heterocycles. The molecule has 2 heteroatoms. The first-order chi connectivity index (χ1) is 7.16. The molecule has 0 unspecified atom stereocenters. The molecule has 15 heavy (non-hydrogen) atoms. The van der Waals surface area contributed by atoms with Crippen molar-refractivity contribution in [3.63, 3.8) is 0 Å². The van der Waals surface area contributed by atoms with E-state index >= 15 is 0 Å². The van der Waals surface area contributed by atoms with E-state index in [0.717, 1.165) is 12.1 Å². The average Bonchev–Trinajstić information content (AvgIpc) is 2.57. The molecule has 0 aliphatic heterocycles. The zero-order valence-electron chi connectivity index (χ0n) is 9.50. The van der Waals surface area contributed by atoms with Gasteiger partial charge in [-0.2, -0.15) is 0 Å². The maximum Gasteiger partial charge on any atom is 0.134 e. The molecule has 1 N–H and O–H groups in total. The van der Waals surface area contributed by atoms with Crippen molar-refractivity contribution in [2.24, 2.45) is 0 Å². The molecule has 2 nitrogen and oxygen atoms in total. The van der Waals surface area contributed by atoms with Crippen LogP contribution in [0.5, 0.6) is 0 Å². The minimum Gasteiger partial charge on any atom is -0.464 e. The van der Waals surface area contributed by atoms with E-state index in [1.54, 1.807) is 0 Å². The molecule has 80 valence electrons. The van der Waals surface area contributed by atoms with Gasteiger partial charge in [-0.15, -0.1) is 0 Å². The van der Waals surface area contributed by atoms with Crippen LogP contribution in [0.25, 0.3) is 11.0 Å². The molecule has 1 aromatic heterocycles. The molecule has 0 amide bonds. The Morgan fingerprint density at radius 1 is 1.33 bits per heavy atom. The lowest BCUT2D eigenvalue weighted by Crippen LogP contribution is -2.21. The zero-order valence-corrected chi connectivity index (χ0v) is 9.50. The van der Waals surface area contributed by atoms with Gasteiger partial charge in [0.1, 0.15) is 5.58 Å². The first-order valence-electron chi connectivity index (χ1n) is 5.37. The number of hydrogen-bond acceptors (Lipinski definition) is 2. The molecule has 0 radical (unpaired) electrons. The zero-order chi connectivity index (χ0) is 10.8. The monoisotopic (exact) mass is 203 g/mol. The van der Waals surface area contributed by atoms with E-state index in [2.05, 4.69) is 38.2 Å². The van der Waals surface area contributed by atoms with E-state index in [-0.39, 0.29) is 0 Å². The Morgan fingerprint density at radius 2 is 2.13 bits per heavy atom. The predicted molar refractivity (Wildman–Crippen MR) is 62.9 cm³/mol. The third-order valence-corrected chi connectivity index (χ3v) is 2.51. The first kappa shape index (κ1) is 10.2. The average molecular weight is 203 g/mol. The summed E-state index contributed by atoms with van der Waals surface area (Å²) in [6.45, 7) is 7.27. The highest BCUT2D eigenvalue weighted by molar-refractivity contribution is 5.81. The molecule has 0 fully saturated rings. The minimum atomic E-state index is 0.500. The van der Waals surface area contributed by atoms with E-state index in [1.165, 1.54) is 16.5 Å². The number of fused-ring (bicyclic) bond motifs is 1. The van der Waals surface area contributed by atoms with Gasteiger partial charge in [0.15, 0.2) is 0 Å². The van der Waals surface area contributed by atoms with Crippen LogP contribution in [-0.4, -0.2) is 6.04 Å². The van der Waals surface area contributed by atoms with Crippen LogP contribution in [0.1, 0.15) is 25.0 Å². The molecule has 0 saturated carbocycles. The molecule has 0 aliphatic carbocycles. The topological polar surface area (TPSA) is 25.2 Å². The highest BCUT2D eigenvalue weighted by Crippen LogP contribution is 2.22. The Hall–Kier alpha value is -1.28. The summed E-state index contributed by atoms with van der Waals surface area (Å²) in [5.74, 6) is 0. The van der Waals surface area contributed by atoms with Gasteiger partial charge in [0.25, 0.3) is 0 Å². The highest BCUT2D eigenvalue weighted by Gasteiger charge is 2.05. The second-order valence-corrected chi connectivity index (χ2v) is 4.30. The van der Waals surface area contributed by atoms with Crippen molar-refractivity contribution in [1.82, 2.24) is 5.32 Å². The van der Waals surface area contributed by atoms with E-state index in [9.17, 15) is 0 Å². The van der Waals surface area contributed by atoms with Crippen LogP contribution in [0, 0.1) is 6.92 Å². The summed E-state index contributed by atoms with van der Waals surface area (Å²) >= 11 is 0. The summed E-state index contributed by atoms with van der Waals surface area (Å²) in [7, 11) is 0. The second-order valence-electron chi connectivity index (χ2n) is 4.30. The van der Waals surface area contributed by atoms with Crippen molar-refractivity contribution in [2.75, 3.05) is 0 Å². The van der Waals surface area contributed by atoms with Gasteiger partial charge in [0.2, 0.25) is 0 Å². The van der Waals surface area contributed by atoms with Gasteiger partial charge in [-0.1, -0.05) is 25.5 Å². The van der Waals surface area contributed by atoms with E-state index in [0.29, 0.717) is 6.04 Å². The SMILES string of the molecule is Cc1ccc2occ(CNC(C)C)c2c1. The van der Waals surface area contributed by atoms with Crippen molar-refractivity contribution < 1.29 is 4.42 Å². The summed E-state index contributed by atoms with van der Waals surface area (Å²) < 4.78 is 5.50. The number of aryl methyl sites for hydroxylation is 1. The summed E-state index contributed by atoms with van der Waals surface area (Å²) in [5.41, 5.74) is 3.48. The van der Waals surface area contributed by atoms with Crippen LogP contribution in [-0.2, 0) is 6.54 Å². The summed E-state index contributed by atoms with van der Waals surface area (Å²) in [6, 6.07) is 6.78. The van der Waals surface area contributed by atoms with Gasteiger partial charge in [-0.3, -0.25) is 0 Å². The van der Waals surface area contributed by atoms with Gasteiger partial charge in [0.05, 0.1) is 6.26 Å². The third kappa shape index (κ3) is 2.21. The molecule has 0 aliphatic rings. The van der Waals surface area contributed by atoms with Gasteiger partial charge < -0.3 is 9.73 Å². The van der Waals surface area contributed by atoms with Crippen LogP contribution >= 0.6 is 0 Å². The lowest BCUT2D eigenvalue weighted by molar-refractivity contribution is 0.572. The van der Waals surface area contributed by atoms with Crippen LogP contribution in [0.15, 0.2) is 28.9 Å². The fraction of sp³-hybridized carbons (Fsp3) is 0.385. The second kappa shape index (κ2) is 4.07. The van der Waals surface area contributed by atoms with Crippen molar-refractivity contribution in [1.29, 1.82) is 0 Å². The lowest BCUT2D eigenvalue weighted by atomic mass is 10.1. The fourth-order valence-electron chi connectivity index (χ4n) is 1.65. The Balaban J connectivity index is 2.31. The molecule has 0 bridgehead atoms. The number of furan rings is 1. The molecular formula is C13H17NO. The van der Waals surface area contributed by atoms with E-state index in [4.69, 9.17) is 4.42 Å². The quantitative estimate of drug-likeness (QED) is 0.828. The normalized spacial score (nSPS) is 11.5. The molecule has 0 spiro atoms. The van der Waals surface area contributed by atoms with Crippen molar-refractivity contribution in [3.8, 4) is 0 Å². The number of rotatable bonds is 3. The summed E-state index contributed by atoms with van der Waals surface area (Å²) in [4.78, 5) is 0. The minimum absolute atomic E-state index is 0.500. The predicted octanol–water partition coefficient (Wildman–Crippen LogP) is 3.24. The third-order valence-electron chi connectivity index (χ3n) is 2.51.